The fraction of sp³-hybridized carbons (Fsp3) is 0.259. The number of amides is 2. The van der Waals surface area contributed by atoms with E-state index in [0.29, 0.717) is 35.4 Å². The SMILES string of the molecule is O=C(NCc1ccccc1Cl)[C@H]1CNCC(=O)N1c1ccc(CCCOc2cccc(Cl)c2)cc1. The van der Waals surface area contributed by atoms with Crippen molar-refractivity contribution in [3.05, 3.63) is 94.0 Å². The van der Waals surface area contributed by atoms with Crippen LogP contribution in [0.2, 0.25) is 10.0 Å². The monoisotopic (exact) mass is 511 g/mol. The summed E-state index contributed by atoms with van der Waals surface area (Å²) in [6, 6.07) is 21.8. The molecule has 3 aromatic rings. The lowest BCUT2D eigenvalue weighted by atomic mass is 10.1. The third-order valence-electron chi connectivity index (χ3n) is 5.80. The van der Waals surface area contributed by atoms with Crippen molar-refractivity contribution in [2.75, 3.05) is 24.6 Å². The highest BCUT2D eigenvalue weighted by Gasteiger charge is 2.34. The first-order chi connectivity index (χ1) is 17.0. The Kier molecular flexibility index (Phi) is 8.64. The second kappa shape index (κ2) is 12.1. The van der Waals surface area contributed by atoms with Gasteiger partial charge in [0.05, 0.1) is 13.2 Å². The smallest absolute Gasteiger partial charge is 0.244 e. The van der Waals surface area contributed by atoms with Gasteiger partial charge in [-0.05, 0) is 60.4 Å². The van der Waals surface area contributed by atoms with Crippen LogP contribution in [0.4, 0.5) is 5.69 Å². The molecule has 1 saturated heterocycles. The van der Waals surface area contributed by atoms with Gasteiger partial charge in [-0.1, -0.05) is 59.6 Å². The first kappa shape index (κ1) is 25.0. The van der Waals surface area contributed by atoms with Crippen LogP contribution in [-0.4, -0.2) is 37.6 Å². The third kappa shape index (κ3) is 6.75. The Hall–Kier alpha value is -3.06. The molecule has 1 fully saturated rings. The van der Waals surface area contributed by atoms with E-state index in [0.717, 1.165) is 29.7 Å². The van der Waals surface area contributed by atoms with E-state index in [2.05, 4.69) is 10.6 Å². The van der Waals surface area contributed by atoms with Crippen molar-refractivity contribution >= 4 is 40.7 Å². The summed E-state index contributed by atoms with van der Waals surface area (Å²) in [7, 11) is 0. The molecule has 4 rings (SSSR count). The Bertz CT molecular complexity index is 1170. The molecule has 0 saturated carbocycles. The summed E-state index contributed by atoms with van der Waals surface area (Å²) < 4.78 is 5.75. The molecule has 35 heavy (non-hydrogen) atoms. The number of hydrogen-bond donors (Lipinski definition) is 2. The van der Waals surface area contributed by atoms with Crippen molar-refractivity contribution in [1.82, 2.24) is 10.6 Å². The van der Waals surface area contributed by atoms with Crippen LogP contribution in [0.3, 0.4) is 0 Å². The topological polar surface area (TPSA) is 70.7 Å². The van der Waals surface area contributed by atoms with Crippen molar-refractivity contribution in [2.24, 2.45) is 0 Å². The molecule has 2 amide bonds. The Morgan fingerprint density at radius 1 is 1.06 bits per heavy atom. The van der Waals surface area contributed by atoms with Crippen LogP contribution >= 0.6 is 23.2 Å². The van der Waals surface area contributed by atoms with E-state index in [4.69, 9.17) is 27.9 Å². The number of hydrogen-bond acceptors (Lipinski definition) is 4. The molecule has 6 nitrogen and oxygen atoms in total. The molecule has 1 heterocycles. The first-order valence-electron chi connectivity index (χ1n) is 11.5. The van der Waals surface area contributed by atoms with Gasteiger partial charge in [-0.25, -0.2) is 0 Å². The van der Waals surface area contributed by atoms with Gasteiger partial charge in [0, 0.05) is 28.8 Å². The summed E-state index contributed by atoms with van der Waals surface area (Å²) in [6.07, 6.45) is 1.67. The number of halogens is 2. The molecular weight excluding hydrogens is 485 g/mol. The largest absolute Gasteiger partial charge is 0.494 e. The maximum absolute atomic E-state index is 13.0. The molecule has 0 unspecified atom stereocenters. The molecule has 0 aliphatic carbocycles. The summed E-state index contributed by atoms with van der Waals surface area (Å²) in [5.41, 5.74) is 2.66. The van der Waals surface area contributed by atoms with E-state index in [9.17, 15) is 9.59 Å². The van der Waals surface area contributed by atoms with Gasteiger partial charge < -0.3 is 15.4 Å². The number of rotatable bonds is 9. The number of carbonyl (C=O) groups excluding carboxylic acids is 2. The standard InChI is InChI=1S/C27H27Cl2N3O3/c28-21-7-3-8-23(15-21)35-14-4-5-19-10-12-22(13-11-19)32-25(17-30-18-26(32)33)27(34)31-16-20-6-1-2-9-24(20)29/h1-3,6-13,15,25,30H,4-5,14,16-18H2,(H,31,34)/t25-/m1/s1. The normalized spacial score (nSPS) is 15.7. The fourth-order valence-electron chi connectivity index (χ4n) is 3.99. The number of anilines is 1. The minimum Gasteiger partial charge on any atom is -0.494 e. The van der Waals surface area contributed by atoms with Crippen molar-refractivity contribution < 1.29 is 14.3 Å². The molecule has 1 aliphatic heterocycles. The second-order valence-corrected chi connectivity index (χ2v) is 9.14. The molecular formula is C27H27Cl2N3O3. The minimum absolute atomic E-state index is 0.142. The number of piperazine rings is 1. The van der Waals surface area contributed by atoms with Crippen molar-refractivity contribution in [3.63, 3.8) is 0 Å². The second-order valence-electron chi connectivity index (χ2n) is 8.30. The van der Waals surface area contributed by atoms with Crippen LogP contribution in [0.15, 0.2) is 72.8 Å². The van der Waals surface area contributed by atoms with Gasteiger partial charge in [0.1, 0.15) is 11.8 Å². The van der Waals surface area contributed by atoms with Gasteiger partial charge in [0.2, 0.25) is 11.8 Å². The maximum Gasteiger partial charge on any atom is 0.244 e. The quantitative estimate of drug-likeness (QED) is 0.411. The van der Waals surface area contributed by atoms with Crippen molar-refractivity contribution in [3.8, 4) is 5.75 Å². The van der Waals surface area contributed by atoms with Gasteiger partial charge in [0.25, 0.3) is 0 Å². The van der Waals surface area contributed by atoms with Crippen LogP contribution in [0, 0.1) is 0 Å². The third-order valence-corrected chi connectivity index (χ3v) is 6.40. The molecule has 2 N–H and O–H groups in total. The highest BCUT2D eigenvalue weighted by Crippen LogP contribution is 2.22. The average molecular weight is 512 g/mol. The van der Waals surface area contributed by atoms with E-state index in [-0.39, 0.29) is 18.4 Å². The number of nitrogens with one attached hydrogen (secondary N) is 2. The van der Waals surface area contributed by atoms with Crippen LogP contribution in [0.25, 0.3) is 0 Å². The summed E-state index contributed by atoms with van der Waals surface area (Å²) in [5, 5.41) is 7.19. The highest BCUT2D eigenvalue weighted by molar-refractivity contribution is 6.31. The van der Waals surface area contributed by atoms with Gasteiger partial charge in [-0.3, -0.25) is 14.5 Å². The maximum atomic E-state index is 13.0. The van der Waals surface area contributed by atoms with Crippen LogP contribution in [-0.2, 0) is 22.6 Å². The summed E-state index contributed by atoms with van der Waals surface area (Å²) in [4.78, 5) is 27.3. The van der Waals surface area contributed by atoms with E-state index in [1.54, 1.807) is 17.0 Å². The molecule has 1 aliphatic rings. The summed E-state index contributed by atoms with van der Waals surface area (Å²) in [6.45, 7) is 1.44. The van der Waals surface area contributed by atoms with Crippen molar-refractivity contribution in [1.29, 1.82) is 0 Å². The molecule has 182 valence electrons. The van der Waals surface area contributed by atoms with E-state index >= 15 is 0 Å². The van der Waals surface area contributed by atoms with Crippen LogP contribution < -0.4 is 20.3 Å². The fourth-order valence-corrected chi connectivity index (χ4v) is 4.37. The molecule has 3 aromatic carbocycles. The van der Waals surface area contributed by atoms with Crippen LogP contribution in [0.5, 0.6) is 5.75 Å². The molecule has 8 heteroatoms. The first-order valence-corrected chi connectivity index (χ1v) is 12.3. The molecule has 0 spiro atoms. The highest BCUT2D eigenvalue weighted by atomic mass is 35.5. The molecule has 0 aromatic heterocycles. The lowest BCUT2D eigenvalue weighted by Crippen LogP contribution is -2.60. The van der Waals surface area contributed by atoms with Gasteiger partial charge in [-0.15, -0.1) is 0 Å². The predicted octanol–water partition coefficient (Wildman–Crippen LogP) is 4.63. The number of nitrogens with zero attached hydrogens (tertiary/aromatic N) is 1. The number of carbonyl (C=O) groups is 2. The number of ether oxygens (including phenoxy) is 1. The van der Waals surface area contributed by atoms with E-state index in [1.165, 1.54) is 0 Å². The van der Waals surface area contributed by atoms with Gasteiger partial charge >= 0.3 is 0 Å². The predicted molar refractivity (Wildman–Crippen MR) is 139 cm³/mol. The zero-order valence-electron chi connectivity index (χ0n) is 19.2. The Balaban J connectivity index is 1.34. The molecule has 1 atom stereocenters. The lowest BCUT2D eigenvalue weighted by molar-refractivity contribution is -0.127. The van der Waals surface area contributed by atoms with Gasteiger partial charge in [0.15, 0.2) is 0 Å². The summed E-state index contributed by atoms with van der Waals surface area (Å²) >= 11 is 12.2. The zero-order chi connectivity index (χ0) is 24.6. The van der Waals surface area contributed by atoms with Gasteiger partial charge in [-0.2, -0.15) is 0 Å². The van der Waals surface area contributed by atoms with Crippen LogP contribution in [0.1, 0.15) is 17.5 Å². The molecule has 0 radical (unpaired) electrons. The Morgan fingerprint density at radius 3 is 2.63 bits per heavy atom. The number of benzene rings is 3. The lowest BCUT2D eigenvalue weighted by Gasteiger charge is -2.35. The number of aryl methyl sites for hydroxylation is 1. The molecule has 0 bridgehead atoms. The Labute approximate surface area is 215 Å². The van der Waals surface area contributed by atoms with E-state index in [1.807, 2.05) is 60.7 Å². The van der Waals surface area contributed by atoms with E-state index < -0.39 is 6.04 Å². The average Bonchev–Trinajstić information content (AvgIpc) is 2.86. The Morgan fingerprint density at radius 2 is 1.86 bits per heavy atom. The zero-order valence-corrected chi connectivity index (χ0v) is 20.7. The minimum atomic E-state index is -0.643. The van der Waals surface area contributed by atoms with Crippen molar-refractivity contribution in [2.45, 2.75) is 25.4 Å². The summed E-state index contributed by atoms with van der Waals surface area (Å²) in [5.74, 6) is 0.383.